The van der Waals surface area contributed by atoms with Crippen LogP contribution < -0.4 is 5.73 Å². The molecule has 0 amide bonds. The standard InChI is InChI=1S/C29H35NO7/c1-27-8-7-18(33)10-17(27)5-6-19-20-11-24-29(23(35)14-32,28(20,2)12-22(34)25(19)27)37-26(36-24)15-3-4-16(13-31)21(30)9-15/h3-4,7-10,19-20,22,24-26,31-32,34H,5-6,11-14,30H2,1-2H3/t19-,20-,22-,24+,25+,26-,27-,28-,29+/m0/s1. The highest BCUT2D eigenvalue weighted by molar-refractivity contribution is 6.01. The number of aliphatic hydroxyl groups excluding tert-OH is 3. The number of aliphatic hydroxyl groups is 3. The second-order valence-corrected chi connectivity index (χ2v) is 12.0. The minimum absolute atomic E-state index is 0.00976. The molecule has 1 aromatic rings. The number of ketones is 2. The van der Waals surface area contributed by atoms with E-state index < -0.39 is 47.3 Å². The third kappa shape index (κ3) is 3.20. The summed E-state index contributed by atoms with van der Waals surface area (Å²) in [5.74, 6) is -0.385. The van der Waals surface area contributed by atoms with Crippen molar-refractivity contribution in [3.63, 3.8) is 0 Å². The van der Waals surface area contributed by atoms with Crippen molar-refractivity contribution < 1.29 is 34.4 Å². The summed E-state index contributed by atoms with van der Waals surface area (Å²) in [6.45, 7) is 3.25. The lowest BCUT2D eigenvalue weighted by Crippen LogP contribution is -2.63. The molecule has 1 heterocycles. The van der Waals surface area contributed by atoms with Crippen molar-refractivity contribution in [3.8, 4) is 0 Å². The van der Waals surface area contributed by atoms with Crippen LogP contribution in [-0.2, 0) is 25.7 Å². The van der Waals surface area contributed by atoms with Gasteiger partial charge in [-0.3, -0.25) is 9.59 Å². The van der Waals surface area contributed by atoms with Gasteiger partial charge in [-0.2, -0.15) is 0 Å². The first-order chi connectivity index (χ1) is 17.6. The van der Waals surface area contributed by atoms with Crippen molar-refractivity contribution in [2.75, 3.05) is 12.3 Å². The van der Waals surface area contributed by atoms with Gasteiger partial charge in [0.25, 0.3) is 0 Å². The Kier molecular flexibility index (Phi) is 5.61. The number of hydrogen-bond acceptors (Lipinski definition) is 8. The largest absolute Gasteiger partial charge is 0.398 e. The SMILES string of the molecule is C[C@]12C=CC(=O)C=C1CC[C@@H]1[C@@H]2[C@@H](O)C[C@@]2(C)[C@H]1C[C@H]1O[C@H](c3ccc(CO)c(N)c3)O[C@]12C(=O)CO. The number of allylic oxidation sites excluding steroid dienone is 4. The Hall–Kier alpha value is -2.36. The fourth-order valence-corrected chi connectivity index (χ4v) is 8.74. The van der Waals surface area contributed by atoms with Crippen LogP contribution >= 0.6 is 0 Å². The summed E-state index contributed by atoms with van der Waals surface area (Å²) >= 11 is 0. The van der Waals surface area contributed by atoms with E-state index >= 15 is 0 Å². The van der Waals surface area contributed by atoms with Gasteiger partial charge in [-0.1, -0.05) is 37.6 Å². The van der Waals surface area contributed by atoms with Gasteiger partial charge in [0.05, 0.1) is 18.8 Å². The van der Waals surface area contributed by atoms with Crippen LogP contribution in [0.3, 0.4) is 0 Å². The summed E-state index contributed by atoms with van der Waals surface area (Å²) in [6.07, 6.45) is 5.62. The van der Waals surface area contributed by atoms with E-state index in [2.05, 4.69) is 6.92 Å². The van der Waals surface area contributed by atoms with E-state index in [1.165, 1.54) is 0 Å². The van der Waals surface area contributed by atoms with Gasteiger partial charge >= 0.3 is 0 Å². The Balaban J connectivity index is 1.38. The first-order valence-electron chi connectivity index (χ1n) is 13.2. The molecule has 5 aliphatic rings. The van der Waals surface area contributed by atoms with E-state index in [9.17, 15) is 24.9 Å². The Labute approximate surface area is 216 Å². The average molecular weight is 510 g/mol. The molecule has 0 radical (unpaired) electrons. The molecule has 4 fully saturated rings. The van der Waals surface area contributed by atoms with Gasteiger partial charge in [-0.05, 0) is 55.7 Å². The zero-order valence-corrected chi connectivity index (χ0v) is 21.2. The molecule has 8 heteroatoms. The summed E-state index contributed by atoms with van der Waals surface area (Å²) in [7, 11) is 0. The molecule has 8 nitrogen and oxygen atoms in total. The molecule has 6 rings (SSSR count). The molecule has 4 aliphatic carbocycles. The molecule has 1 aromatic carbocycles. The quantitative estimate of drug-likeness (QED) is 0.454. The molecule has 5 N–H and O–H groups in total. The number of carbonyl (C=O) groups excluding carboxylic acids is 2. The lowest BCUT2D eigenvalue weighted by molar-refractivity contribution is -0.201. The summed E-state index contributed by atoms with van der Waals surface area (Å²) in [5, 5.41) is 31.3. The Morgan fingerprint density at radius 1 is 1.24 bits per heavy atom. The van der Waals surface area contributed by atoms with E-state index in [0.29, 0.717) is 29.7 Å². The first kappa shape index (κ1) is 24.9. The number of nitrogen functional groups attached to an aromatic ring is 1. The van der Waals surface area contributed by atoms with Gasteiger partial charge in [0.15, 0.2) is 23.5 Å². The number of anilines is 1. The second-order valence-electron chi connectivity index (χ2n) is 12.0. The van der Waals surface area contributed by atoms with Crippen LogP contribution in [0.1, 0.15) is 56.9 Å². The molecule has 9 atom stereocenters. The van der Waals surface area contributed by atoms with Crippen molar-refractivity contribution in [1.29, 1.82) is 0 Å². The van der Waals surface area contributed by atoms with Crippen molar-refractivity contribution in [2.24, 2.45) is 28.6 Å². The minimum atomic E-state index is -1.40. The molecular formula is C29H35NO7. The fraction of sp³-hybridized carbons (Fsp3) is 0.586. The Morgan fingerprint density at radius 2 is 2.03 bits per heavy atom. The monoisotopic (exact) mass is 509 g/mol. The van der Waals surface area contributed by atoms with E-state index in [4.69, 9.17) is 15.2 Å². The van der Waals surface area contributed by atoms with Crippen LogP contribution in [0.5, 0.6) is 0 Å². The number of rotatable bonds is 4. The van der Waals surface area contributed by atoms with Crippen molar-refractivity contribution >= 4 is 17.3 Å². The molecule has 0 spiro atoms. The number of ether oxygens (including phenoxy) is 2. The molecule has 0 unspecified atom stereocenters. The molecule has 0 aromatic heterocycles. The number of Topliss-reactive ketones (excluding diaryl/α,β-unsaturated/α-hetero) is 1. The third-order valence-electron chi connectivity index (χ3n) is 10.4. The fourth-order valence-electron chi connectivity index (χ4n) is 8.74. The van der Waals surface area contributed by atoms with Gasteiger partial charge in [0, 0.05) is 33.6 Å². The molecule has 37 heavy (non-hydrogen) atoms. The van der Waals surface area contributed by atoms with Gasteiger partial charge in [0.1, 0.15) is 6.61 Å². The smallest absolute Gasteiger partial charge is 0.193 e. The highest BCUT2D eigenvalue weighted by Gasteiger charge is 2.75. The number of benzene rings is 1. The summed E-state index contributed by atoms with van der Waals surface area (Å²) in [4.78, 5) is 25.6. The maximum absolute atomic E-state index is 13.6. The van der Waals surface area contributed by atoms with E-state index in [1.54, 1.807) is 30.4 Å². The maximum atomic E-state index is 13.6. The molecule has 0 bridgehead atoms. The van der Waals surface area contributed by atoms with Crippen molar-refractivity contribution in [2.45, 2.75) is 70.2 Å². The van der Waals surface area contributed by atoms with Crippen LogP contribution in [0.2, 0.25) is 0 Å². The van der Waals surface area contributed by atoms with Gasteiger partial charge < -0.3 is 30.5 Å². The summed E-state index contributed by atoms with van der Waals surface area (Å²) < 4.78 is 13.0. The topological polar surface area (TPSA) is 139 Å². The summed E-state index contributed by atoms with van der Waals surface area (Å²) in [5.41, 5.74) is 6.23. The number of carbonyl (C=O) groups is 2. The molecule has 1 saturated heterocycles. The van der Waals surface area contributed by atoms with E-state index in [0.717, 1.165) is 18.4 Å². The predicted molar refractivity (Wildman–Crippen MR) is 134 cm³/mol. The van der Waals surface area contributed by atoms with E-state index in [1.807, 2.05) is 13.0 Å². The highest BCUT2D eigenvalue weighted by atomic mass is 16.7. The average Bonchev–Trinajstić information content (AvgIpc) is 3.37. The zero-order chi connectivity index (χ0) is 26.3. The summed E-state index contributed by atoms with van der Waals surface area (Å²) in [6, 6.07) is 5.16. The number of nitrogens with two attached hydrogens (primary N) is 1. The number of fused-ring (bicyclic) bond motifs is 7. The lowest BCUT2D eigenvalue weighted by Gasteiger charge is -2.59. The molecule has 1 aliphatic heterocycles. The first-order valence-corrected chi connectivity index (χ1v) is 13.2. The number of hydrogen-bond donors (Lipinski definition) is 4. The van der Waals surface area contributed by atoms with Crippen LogP contribution in [0.15, 0.2) is 42.0 Å². The Morgan fingerprint density at radius 3 is 2.73 bits per heavy atom. The van der Waals surface area contributed by atoms with Gasteiger partial charge in [0.2, 0.25) is 0 Å². The minimum Gasteiger partial charge on any atom is -0.398 e. The van der Waals surface area contributed by atoms with Gasteiger partial charge in [-0.25, -0.2) is 0 Å². The zero-order valence-electron chi connectivity index (χ0n) is 21.2. The molecule has 198 valence electrons. The van der Waals surface area contributed by atoms with Crippen molar-refractivity contribution in [1.82, 2.24) is 0 Å². The normalized spacial score (nSPS) is 44.0. The second kappa shape index (κ2) is 8.32. The van der Waals surface area contributed by atoms with Crippen LogP contribution in [0.25, 0.3) is 0 Å². The van der Waals surface area contributed by atoms with E-state index in [-0.39, 0.29) is 30.1 Å². The third-order valence-corrected chi connectivity index (χ3v) is 10.4. The Bertz CT molecular complexity index is 1220. The molecule has 3 saturated carbocycles. The maximum Gasteiger partial charge on any atom is 0.193 e. The predicted octanol–water partition coefficient (Wildman–Crippen LogP) is 2.36. The lowest BCUT2D eigenvalue weighted by atomic mass is 9.46. The van der Waals surface area contributed by atoms with Gasteiger partial charge in [-0.15, -0.1) is 0 Å². The molecular weight excluding hydrogens is 474 g/mol. The van der Waals surface area contributed by atoms with Crippen LogP contribution in [0, 0.1) is 28.6 Å². The van der Waals surface area contributed by atoms with Crippen molar-refractivity contribution in [3.05, 3.63) is 53.1 Å². The van der Waals surface area contributed by atoms with Crippen LogP contribution in [0.4, 0.5) is 5.69 Å². The van der Waals surface area contributed by atoms with Crippen LogP contribution in [-0.4, -0.2) is 51.3 Å². The highest BCUT2D eigenvalue weighted by Crippen LogP contribution is 2.70.